The van der Waals surface area contributed by atoms with Crippen LogP contribution < -0.4 is 9.16 Å². The molecule has 0 radical (unpaired) electrons. The number of hydrogen-bond donors (Lipinski definition) is 0. The van der Waals surface area contributed by atoms with Crippen molar-refractivity contribution in [3.63, 3.8) is 0 Å². The van der Waals surface area contributed by atoms with Gasteiger partial charge in [0.15, 0.2) is 5.75 Å². The van der Waals surface area contributed by atoms with Gasteiger partial charge in [-0.2, -0.15) is 0 Å². The minimum absolute atomic E-state index is 0.120. The lowest BCUT2D eigenvalue weighted by atomic mass is 10.2. The third-order valence-electron chi connectivity index (χ3n) is 4.99. The van der Waals surface area contributed by atoms with Crippen LogP contribution in [0.3, 0.4) is 0 Å². The summed E-state index contributed by atoms with van der Waals surface area (Å²) in [4.78, 5) is 0. The number of halogens is 1. The fourth-order valence-electron chi connectivity index (χ4n) is 2.36. The van der Waals surface area contributed by atoms with E-state index in [-0.39, 0.29) is 5.04 Å². The Balaban J connectivity index is 1.84. The Morgan fingerprint density at radius 3 is 2.38 bits per heavy atom. The van der Waals surface area contributed by atoms with Crippen molar-refractivity contribution < 1.29 is 13.6 Å². The largest absolute Gasteiger partial charge is 0.540 e. The van der Waals surface area contributed by atoms with Crippen LogP contribution >= 0.6 is 15.9 Å². The monoisotopic (exact) mass is 432 g/mol. The minimum atomic E-state index is -1.95. The van der Waals surface area contributed by atoms with E-state index in [4.69, 9.17) is 13.6 Å². The molecule has 2 aromatic carbocycles. The summed E-state index contributed by atoms with van der Waals surface area (Å²) in [5, 5.41) is 1.09. The topological polar surface area (TPSA) is 31.6 Å². The van der Waals surface area contributed by atoms with Crippen molar-refractivity contribution in [1.82, 2.24) is 0 Å². The summed E-state index contributed by atoms with van der Waals surface area (Å²) in [6.07, 6.45) is 0. The second-order valence-electron chi connectivity index (χ2n) is 8.00. The van der Waals surface area contributed by atoms with E-state index in [0.717, 1.165) is 28.0 Å². The van der Waals surface area contributed by atoms with Crippen molar-refractivity contribution in [1.29, 1.82) is 0 Å². The fourth-order valence-corrected chi connectivity index (χ4v) is 3.99. The summed E-state index contributed by atoms with van der Waals surface area (Å²) in [5.74, 6) is 1.57. The molecule has 0 unspecified atom stereocenters. The van der Waals surface area contributed by atoms with Crippen molar-refractivity contribution in [2.45, 2.75) is 45.5 Å². The average Bonchev–Trinajstić information content (AvgIpc) is 2.87. The van der Waals surface area contributed by atoms with Crippen LogP contribution in [0.25, 0.3) is 11.0 Å². The Labute approximate surface area is 164 Å². The normalized spacial score (nSPS) is 12.4. The lowest BCUT2D eigenvalue weighted by Gasteiger charge is -2.36. The Bertz CT molecular complexity index is 895. The standard InChI is InChI=1S/C21H25BrO3Si/c1-21(2,3)26(4,5)25-19-17-12-11-16(13-18(17)24-20(19)22)23-14-15-9-7-6-8-10-15/h6-13H,14H2,1-5H3. The van der Waals surface area contributed by atoms with E-state index in [1.54, 1.807) is 0 Å². The van der Waals surface area contributed by atoms with Crippen molar-refractivity contribution >= 4 is 35.2 Å². The van der Waals surface area contributed by atoms with E-state index in [1.165, 1.54) is 0 Å². The lowest BCUT2D eigenvalue weighted by Crippen LogP contribution is -2.43. The van der Waals surface area contributed by atoms with Gasteiger partial charge in [0.2, 0.25) is 4.67 Å². The second kappa shape index (κ2) is 7.12. The third-order valence-corrected chi connectivity index (χ3v) is 9.84. The van der Waals surface area contributed by atoms with E-state index >= 15 is 0 Å². The lowest BCUT2D eigenvalue weighted by molar-refractivity contribution is 0.306. The number of fused-ring (bicyclic) bond motifs is 1. The summed E-state index contributed by atoms with van der Waals surface area (Å²) in [5.41, 5.74) is 1.89. The number of hydrogen-bond acceptors (Lipinski definition) is 3. The summed E-state index contributed by atoms with van der Waals surface area (Å²) in [7, 11) is -1.95. The van der Waals surface area contributed by atoms with Crippen LogP contribution in [0.1, 0.15) is 26.3 Å². The summed E-state index contributed by atoms with van der Waals surface area (Å²) < 4.78 is 18.9. The molecule has 0 bridgehead atoms. The molecule has 0 aliphatic carbocycles. The molecule has 0 aliphatic rings. The average molecular weight is 433 g/mol. The number of rotatable bonds is 5. The highest BCUT2D eigenvalue weighted by molar-refractivity contribution is 9.10. The molecule has 3 aromatic rings. The summed E-state index contributed by atoms with van der Waals surface area (Å²) >= 11 is 3.52. The summed E-state index contributed by atoms with van der Waals surface area (Å²) in [6.45, 7) is 11.7. The fraction of sp³-hybridized carbons (Fsp3) is 0.333. The van der Waals surface area contributed by atoms with Crippen LogP contribution in [0.15, 0.2) is 57.6 Å². The van der Waals surface area contributed by atoms with Gasteiger partial charge >= 0.3 is 0 Å². The molecular weight excluding hydrogens is 408 g/mol. The molecule has 0 atom stereocenters. The first kappa shape index (κ1) is 19.0. The van der Waals surface area contributed by atoms with Gasteiger partial charge in [0.1, 0.15) is 17.9 Å². The highest BCUT2D eigenvalue weighted by Crippen LogP contribution is 2.44. The van der Waals surface area contributed by atoms with Crippen LogP contribution in [0.5, 0.6) is 11.5 Å². The molecule has 1 heterocycles. The molecule has 0 saturated heterocycles. The zero-order valence-corrected chi connectivity index (χ0v) is 18.5. The molecule has 0 aliphatic heterocycles. The highest BCUT2D eigenvalue weighted by atomic mass is 79.9. The molecule has 3 rings (SSSR count). The quantitative estimate of drug-likeness (QED) is 0.400. The molecule has 1 aromatic heterocycles. The van der Waals surface area contributed by atoms with Gasteiger partial charge < -0.3 is 13.6 Å². The van der Waals surface area contributed by atoms with E-state index in [1.807, 2.05) is 48.5 Å². The first-order chi connectivity index (χ1) is 12.2. The molecule has 0 spiro atoms. The van der Waals surface area contributed by atoms with Gasteiger partial charge in [-0.1, -0.05) is 51.1 Å². The number of benzene rings is 2. The Morgan fingerprint density at radius 2 is 1.73 bits per heavy atom. The zero-order chi connectivity index (χ0) is 18.9. The highest BCUT2D eigenvalue weighted by Gasteiger charge is 2.40. The molecule has 3 nitrogen and oxygen atoms in total. The van der Waals surface area contributed by atoms with Gasteiger partial charge in [-0.25, -0.2) is 0 Å². The second-order valence-corrected chi connectivity index (χ2v) is 13.4. The maximum Gasteiger partial charge on any atom is 0.250 e. The predicted octanol–water partition coefficient (Wildman–Crippen LogP) is 7.16. The third kappa shape index (κ3) is 3.99. The van der Waals surface area contributed by atoms with Crippen molar-refractivity contribution in [3.05, 3.63) is 58.8 Å². The Kier molecular flexibility index (Phi) is 5.22. The van der Waals surface area contributed by atoms with Gasteiger partial charge in [-0.15, -0.1) is 0 Å². The van der Waals surface area contributed by atoms with Crippen LogP contribution in [0.4, 0.5) is 0 Å². The molecule has 0 amide bonds. The molecule has 0 fully saturated rings. The van der Waals surface area contributed by atoms with Gasteiger partial charge in [0, 0.05) is 6.07 Å². The van der Waals surface area contributed by atoms with Crippen LogP contribution in [0, 0.1) is 0 Å². The van der Waals surface area contributed by atoms with Gasteiger partial charge in [0.25, 0.3) is 8.32 Å². The van der Waals surface area contributed by atoms with Crippen molar-refractivity contribution in [2.75, 3.05) is 0 Å². The van der Waals surface area contributed by atoms with Crippen LogP contribution in [-0.2, 0) is 6.61 Å². The van der Waals surface area contributed by atoms with Gasteiger partial charge in [0.05, 0.1) is 5.39 Å². The van der Waals surface area contributed by atoms with E-state index in [2.05, 4.69) is 49.8 Å². The summed E-state index contributed by atoms with van der Waals surface area (Å²) in [6, 6.07) is 16.0. The number of ether oxygens (including phenoxy) is 1. The minimum Gasteiger partial charge on any atom is -0.540 e. The molecule has 0 N–H and O–H groups in total. The Morgan fingerprint density at radius 1 is 1.04 bits per heavy atom. The SMILES string of the molecule is CC(C)(C)[Si](C)(C)Oc1c(Br)oc2cc(OCc3ccccc3)ccc12. The van der Waals surface area contributed by atoms with Crippen LogP contribution in [-0.4, -0.2) is 8.32 Å². The molecule has 26 heavy (non-hydrogen) atoms. The van der Waals surface area contributed by atoms with Gasteiger partial charge in [-0.05, 0) is 51.8 Å². The first-order valence-electron chi connectivity index (χ1n) is 8.75. The number of furan rings is 1. The van der Waals surface area contributed by atoms with E-state index in [0.29, 0.717) is 11.3 Å². The maximum absolute atomic E-state index is 6.48. The van der Waals surface area contributed by atoms with E-state index < -0.39 is 8.32 Å². The van der Waals surface area contributed by atoms with Crippen molar-refractivity contribution in [3.8, 4) is 11.5 Å². The van der Waals surface area contributed by atoms with Crippen LogP contribution in [0.2, 0.25) is 18.1 Å². The molecule has 5 heteroatoms. The maximum atomic E-state index is 6.48. The van der Waals surface area contributed by atoms with Gasteiger partial charge in [-0.3, -0.25) is 0 Å². The smallest absolute Gasteiger partial charge is 0.250 e. The predicted molar refractivity (Wildman–Crippen MR) is 113 cm³/mol. The van der Waals surface area contributed by atoms with Crippen molar-refractivity contribution in [2.24, 2.45) is 0 Å². The first-order valence-corrected chi connectivity index (χ1v) is 12.5. The molecule has 0 saturated carbocycles. The molecule has 138 valence electrons. The van der Waals surface area contributed by atoms with E-state index in [9.17, 15) is 0 Å². The molecular formula is C21H25BrO3Si. The Hall–Kier alpha value is -1.72. The zero-order valence-electron chi connectivity index (χ0n) is 15.9.